The molecule has 3 heteroatoms. The number of rotatable bonds is 2. The molecular formula is C17H22O3. The second kappa shape index (κ2) is 4.32. The molecule has 1 N–H and O–H groups in total. The molecule has 108 valence electrons. The van der Waals surface area contributed by atoms with Crippen LogP contribution >= 0.6 is 0 Å². The molecule has 3 nitrogen and oxygen atoms in total. The van der Waals surface area contributed by atoms with Crippen LogP contribution in [0.2, 0.25) is 0 Å². The second-order valence-electron chi connectivity index (χ2n) is 6.92. The summed E-state index contributed by atoms with van der Waals surface area (Å²) in [5.74, 6) is 0.0524. The highest BCUT2D eigenvalue weighted by Crippen LogP contribution is 2.62. The molecule has 20 heavy (non-hydrogen) atoms. The lowest BCUT2D eigenvalue weighted by atomic mass is 9.62. The Labute approximate surface area is 120 Å². The van der Waals surface area contributed by atoms with E-state index in [2.05, 4.69) is 13.8 Å². The topological polar surface area (TPSA) is 46.5 Å². The summed E-state index contributed by atoms with van der Waals surface area (Å²) in [4.78, 5) is 12.4. The molecule has 2 bridgehead atoms. The van der Waals surface area contributed by atoms with Crippen molar-refractivity contribution in [3.8, 4) is 0 Å². The molecule has 1 aliphatic carbocycles. The van der Waals surface area contributed by atoms with Crippen LogP contribution < -0.4 is 0 Å². The van der Waals surface area contributed by atoms with Crippen molar-refractivity contribution in [2.75, 3.05) is 0 Å². The van der Waals surface area contributed by atoms with Gasteiger partial charge >= 0.3 is 5.97 Å². The normalized spacial score (nSPS) is 36.5. The molecule has 0 amide bonds. The van der Waals surface area contributed by atoms with E-state index in [4.69, 9.17) is 4.74 Å². The van der Waals surface area contributed by atoms with Crippen molar-refractivity contribution in [2.45, 2.75) is 45.8 Å². The summed E-state index contributed by atoms with van der Waals surface area (Å²) < 4.78 is 5.64. The van der Waals surface area contributed by atoms with Gasteiger partial charge in [0.15, 0.2) is 0 Å². The van der Waals surface area contributed by atoms with Gasteiger partial charge in [-0.3, -0.25) is 4.79 Å². The molecule has 4 atom stereocenters. The van der Waals surface area contributed by atoms with E-state index >= 15 is 0 Å². The Morgan fingerprint density at radius 2 is 1.90 bits per heavy atom. The number of aliphatic hydroxyl groups is 1. The van der Waals surface area contributed by atoms with Crippen LogP contribution in [0.25, 0.3) is 0 Å². The minimum Gasteiger partial charge on any atom is -0.458 e. The highest BCUT2D eigenvalue weighted by molar-refractivity contribution is 5.79. The van der Waals surface area contributed by atoms with Crippen LogP contribution in [0.5, 0.6) is 0 Å². The van der Waals surface area contributed by atoms with Crippen molar-refractivity contribution in [3.63, 3.8) is 0 Å². The van der Waals surface area contributed by atoms with Crippen LogP contribution in [0.3, 0.4) is 0 Å². The Hall–Kier alpha value is -1.35. The highest BCUT2D eigenvalue weighted by Gasteiger charge is 2.64. The smallest absolute Gasteiger partial charge is 0.312 e. The number of carbonyl (C=O) groups is 1. The van der Waals surface area contributed by atoms with Crippen molar-refractivity contribution in [1.29, 1.82) is 0 Å². The molecule has 0 radical (unpaired) electrons. The van der Waals surface area contributed by atoms with Crippen LogP contribution in [0.15, 0.2) is 30.3 Å². The average molecular weight is 274 g/mol. The number of benzene rings is 1. The van der Waals surface area contributed by atoms with E-state index in [0.717, 1.165) is 18.4 Å². The summed E-state index contributed by atoms with van der Waals surface area (Å²) in [5.41, 5.74) is 0.268. The fourth-order valence-corrected chi connectivity index (χ4v) is 3.94. The minimum absolute atomic E-state index is 0.136. The molecule has 1 aromatic rings. The summed E-state index contributed by atoms with van der Waals surface area (Å²) in [6.07, 6.45) is 0.605. The van der Waals surface area contributed by atoms with Gasteiger partial charge in [-0.15, -0.1) is 0 Å². The molecule has 0 unspecified atom stereocenters. The number of carbonyl (C=O) groups excluding carboxylic acids is 1. The van der Waals surface area contributed by atoms with Crippen molar-refractivity contribution >= 4 is 5.97 Å². The molecule has 2 aliphatic rings. The molecule has 0 spiro atoms. The number of fused-ring (bicyclic) bond motifs is 2. The van der Waals surface area contributed by atoms with Crippen molar-refractivity contribution < 1.29 is 14.6 Å². The van der Waals surface area contributed by atoms with Crippen LogP contribution in [0.4, 0.5) is 0 Å². The lowest BCUT2D eigenvalue weighted by molar-refractivity contribution is -0.198. The summed E-state index contributed by atoms with van der Waals surface area (Å²) >= 11 is 0. The third kappa shape index (κ3) is 1.65. The third-order valence-electron chi connectivity index (χ3n) is 5.85. The Bertz CT molecular complexity index is 522. The van der Waals surface area contributed by atoms with Gasteiger partial charge in [0.05, 0.1) is 5.41 Å². The van der Waals surface area contributed by atoms with Gasteiger partial charge in [0, 0.05) is 5.92 Å². The first-order chi connectivity index (χ1) is 9.38. The zero-order chi connectivity index (χ0) is 14.5. The molecule has 2 fully saturated rings. The number of aliphatic hydroxyl groups excluding tert-OH is 1. The minimum atomic E-state index is -0.743. The molecule has 3 rings (SSSR count). The van der Waals surface area contributed by atoms with Crippen LogP contribution in [-0.4, -0.2) is 17.2 Å². The SMILES string of the molecule is CC1(C)[C@H]2CC[C@@]1(C)C(=O)O[C@@H]2[C@H](O)c1ccccc1. The third-order valence-corrected chi connectivity index (χ3v) is 5.85. The van der Waals surface area contributed by atoms with Gasteiger partial charge in [0.2, 0.25) is 0 Å². The molecule has 0 aromatic heterocycles. The predicted molar refractivity (Wildman–Crippen MR) is 75.9 cm³/mol. The van der Waals surface area contributed by atoms with E-state index in [9.17, 15) is 9.90 Å². The molecule has 1 heterocycles. The van der Waals surface area contributed by atoms with Gasteiger partial charge in [-0.25, -0.2) is 0 Å². The average Bonchev–Trinajstić information content (AvgIpc) is 2.58. The predicted octanol–water partition coefficient (Wildman–Crippen LogP) is 3.09. The number of esters is 1. The van der Waals surface area contributed by atoms with Crippen LogP contribution in [-0.2, 0) is 9.53 Å². The Balaban J connectivity index is 1.95. The molecule has 1 saturated heterocycles. The largest absolute Gasteiger partial charge is 0.458 e. The van der Waals surface area contributed by atoms with E-state index in [0.29, 0.717) is 0 Å². The van der Waals surface area contributed by atoms with Gasteiger partial charge in [-0.05, 0) is 30.7 Å². The Kier molecular flexibility index (Phi) is 2.94. The summed E-state index contributed by atoms with van der Waals surface area (Å²) in [6, 6.07) is 9.47. The van der Waals surface area contributed by atoms with Crippen molar-refractivity contribution in [2.24, 2.45) is 16.7 Å². The first kappa shape index (κ1) is 13.6. The van der Waals surface area contributed by atoms with Crippen molar-refractivity contribution in [1.82, 2.24) is 0 Å². The van der Waals surface area contributed by atoms with Crippen molar-refractivity contribution in [3.05, 3.63) is 35.9 Å². The number of ether oxygens (including phenoxy) is 1. The summed E-state index contributed by atoms with van der Waals surface area (Å²) in [6.45, 7) is 6.27. The molecule has 1 aromatic carbocycles. The standard InChI is InChI=1S/C17H22O3/c1-16(2)12-9-10-17(16,3)15(19)20-14(12)13(18)11-7-5-4-6-8-11/h4-8,12-14,18H,9-10H2,1-3H3/t12-,13+,14-,17-/m0/s1. The maximum Gasteiger partial charge on any atom is 0.312 e. The number of cyclic esters (lactones) is 1. The maximum atomic E-state index is 12.4. The number of hydrogen-bond acceptors (Lipinski definition) is 3. The monoisotopic (exact) mass is 274 g/mol. The Morgan fingerprint density at radius 1 is 1.25 bits per heavy atom. The lowest BCUT2D eigenvalue weighted by Gasteiger charge is -2.48. The summed E-state index contributed by atoms with van der Waals surface area (Å²) in [5, 5.41) is 10.6. The van der Waals surface area contributed by atoms with Gasteiger partial charge < -0.3 is 9.84 Å². The van der Waals surface area contributed by atoms with Crippen LogP contribution in [0, 0.1) is 16.7 Å². The van der Waals surface area contributed by atoms with E-state index in [1.54, 1.807) is 0 Å². The fourth-order valence-electron chi connectivity index (χ4n) is 3.94. The van der Waals surface area contributed by atoms with E-state index in [1.807, 2.05) is 37.3 Å². The quantitative estimate of drug-likeness (QED) is 0.843. The lowest BCUT2D eigenvalue weighted by Crippen LogP contribution is -2.53. The first-order valence-electron chi connectivity index (χ1n) is 7.32. The Morgan fingerprint density at radius 3 is 2.55 bits per heavy atom. The van der Waals surface area contributed by atoms with Gasteiger partial charge in [0.25, 0.3) is 0 Å². The molecule has 1 saturated carbocycles. The highest BCUT2D eigenvalue weighted by atomic mass is 16.6. The van der Waals surface area contributed by atoms with E-state index < -0.39 is 17.6 Å². The number of hydrogen-bond donors (Lipinski definition) is 1. The molecule has 1 aliphatic heterocycles. The van der Waals surface area contributed by atoms with E-state index in [1.165, 1.54) is 0 Å². The fraction of sp³-hybridized carbons (Fsp3) is 0.588. The van der Waals surface area contributed by atoms with E-state index in [-0.39, 0.29) is 17.3 Å². The van der Waals surface area contributed by atoms with Gasteiger partial charge in [0.1, 0.15) is 12.2 Å². The zero-order valence-electron chi connectivity index (χ0n) is 12.3. The van der Waals surface area contributed by atoms with Crippen LogP contribution in [0.1, 0.15) is 45.3 Å². The second-order valence-corrected chi connectivity index (χ2v) is 6.92. The molecular weight excluding hydrogens is 252 g/mol. The summed E-state index contributed by atoms with van der Waals surface area (Å²) in [7, 11) is 0. The van der Waals surface area contributed by atoms with Gasteiger partial charge in [-0.2, -0.15) is 0 Å². The zero-order valence-corrected chi connectivity index (χ0v) is 12.3. The first-order valence-corrected chi connectivity index (χ1v) is 7.32. The van der Waals surface area contributed by atoms with Gasteiger partial charge in [-0.1, -0.05) is 44.2 Å². The maximum absolute atomic E-state index is 12.4.